The van der Waals surface area contributed by atoms with Crippen molar-refractivity contribution >= 4 is 5.97 Å². The Hall–Kier alpha value is -0.570. The number of hydrogen-bond acceptors (Lipinski definition) is 2. The van der Waals surface area contributed by atoms with E-state index in [4.69, 9.17) is 9.84 Å². The van der Waals surface area contributed by atoms with Crippen molar-refractivity contribution in [1.29, 1.82) is 0 Å². The lowest BCUT2D eigenvalue weighted by Gasteiger charge is -2.60. The molecular formula is C25H42O3. The number of rotatable bonds is 7. The van der Waals surface area contributed by atoms with Gasteiger partial charge in [0, 0.05) is 13.0 Å². The van der Waals surface area contributed by atoms with Gasteiger partial charge in [0.1, 0.15) is 0 Å². The molecule has 0 amide bonds. The van der Waals surface area contributed by atoms with Gasteiger partial charge in [0.2, 0.25) is 0 Å². The van der Waals surface area contributed by atoms with E-state index in [1.807, 2.05) is 0 Å². The summed E-state index contributed by atoms with van der Waals surface area (Å²) >= 11 is 0. The molecule has 160 valence electrons. The smallest absolute Gasteiger partial charge is 0.303 e. The highest BCUT2D eigenvalue weighted by Gasteiger charge is 2.59. The van der Waals surface area contributed by atoms with Crippen LogP contribution in [0.4, 0.5) is 0 Å². The van der Waals surface area contributed by atoms with E-state index in [9.17, 15) is 4.79 Å². The second-order valence-corrected chi connectivity index (χ2v) is 11.1. The van der Waals surface area contributed by atoms with Gasteiger partial charge in [0.25, 0.3) is 0 Å². The highest BCUT2D eigenvalue weighted by Crippen LogP contribution is 2.66. The van der Waals surface area contributed by atoms with Crippen LogP contribution in [0.5, 0.6) is 0 Å². The molecule has 0 aliphatic heterocycles. The van der Waals surface area contributed by atoms with Crippen molar-refractivity contribution in [1.82, 2.24) is 0 Å². The minimum absolute atomic E-state index is 0.298. The molecule has 7 atom stereocenters. The van der Waals surface area contributed by atoms with Crippen LogP contribution in [0.1, 0.15) is 104 Å². The van der Waals surface area contributed by atoms with Crippen LogP contribution in [0.15, 0.2) is 0 Å². The molecule has 3 heteroatoms. The van der Waals surface area contributed by atoms with Gasteiger partial charge in [0.15, 0.2) is 0 Å². The molecule has 0 aromatic heterocycles. The second-order valence-electron chi connectivity index (χ2n) is 11.1. The molecular weight excluding hydrogens is 348 g/mol. The molecule has 0 aromatic rings. The Balaban J connectivity index is 1.34. The number of carbonyl (C=O) groups is 1. The molecule has 0 aromatic carbocycles. The fourth-order valence-corrected chi connectivity index (χ4v) is 8.30. The van der Waals surface area contributed by atoms with Crippen LogP contribution in [0.25, 0.3) is 0 Å². The van der Waals surface area contributed by atoms with E-state index in [0.717, 1.165) is 49.5 Å². The van der Waals surface area contributed by atoms with Crippen LogP contribution in [0, 0.1) is 34.5 Å². The zero-order chi connectivity index (χ0) is 19.8. The number of ether oxygens (including phenoxy) is 1. The Morgan fingerprint density at radius 1 is 0.893 bits per heavy atom. The van der Waals surface area contributed by atoms with Crippen LogP contribution >= 0.6 is 0 Å². The number of carboxylic acids is 1. The lowest BCUT2D eigenvalue weighted by molar-refractivity contribution is -0.137. The minimum Gasteiger partial charge on any atom is -0.481 e. The third kappa shape index (κ3) is 3.66. The fourth-order valence-electron chi connectivity index (χ4n) is 8.30. The van der Waals surface area contributed by atoms with Crippen LogP contribution in [0.3, 0.4) is 0 Å². The predicted octanol–water partition coefficient (Wildman–Crippen LogP) is 6.45. The van der Waals surface area contributed by atoms with E-state index in [1.54, 1.807) is 0 Å². The van der Waals surface area contributed by atoms with Crippen LogP contribution in [0.2, 0.25) is 0 Å². The fraction of sp³-hybridized carbons (Fsp3) is 0.960. The summed E-state index contributed by atoms with van der Waals surface area (Å²) in [6.07, 6.45) is 17.8. The number of hydrogen-bond donors (Lipinski definition) is 1. The summed E-state index contributed by atoms with van der Waals surface area (Å²) < 4.78 is 6.45. The summed E-state index contributed by atoms with van der Waals surface area (Å²) in [5.41, 5.74) is 1.02. The molecule has 4 saturated carbocycles. The lowest BCUT2D eigenvalue weighted by atomic mass is 9.45. The van der Waals surface area contributed by atoms with Crippen molar-refractivity contribution < 1.29 is 14.6 Å². The Bertz CT molecular complexity index is 560. The van der Waals surface area contributed by atoms with E-state index in [-0.39, 0.29) is 0 Å². The standard InChI is InChI=1S/C25H42O3/c1-24-15-6-5-8-18(24)10-11-19-20-12-13-22(25(20,2)16-14-21(19)24)28-17-7-3-4-9-23(26)27/h18-22H,3-17H2,1-2H3,(H,26,27)/t18-,19+,20?,21+,22+,24+,25+/m1/s1. The average molecular weight is 391 g/mol. The van der Waals surface area contributed by atoms with Crippen LogP contribution in [-0.2, 0) is 9.53 Å². The van der Waals surface area contributed by atoms with Gasteiger partial charge in [-0.05, 0) is 98.7 Å². The molecule has 4 fully saturated rings. The van der Waals surface area contributed by atoms with Crippen LogP contribution in [-0.4, -0.2) is 23.8 Å². The molecule has 0 bridgehead atoms. The molecule has 0 radical (unpaired) electrons. The van der Waals surface area contributed by atoms with E-state index in [1.165, 1.54) is 64.2 Å². The number of carboxylic acid groups (broad SMARTS) is 1. The maximum atomic E-state index is 10.6. The van der Waals surface area contributed by atoms with Crippen molar-refractivity contribution in [3.05, 3.63) is 0 Å². The van der Waals surface area contributed by atoms with E-state index in [0.29, 0.717) is 23.4 Å². The molecule has 28 heavy (non-hydrogen) atoms. The van der Waals surface area contributed by atoms with Gasteiger partial charge in [-0.15, -0.1) is 0 Å². The zero-order valence-corrected chi connectivity index (χ0v) is 18.3. The quantitative estimate of drug-likeness (QED) is 0.508. The molecule has 1 unspecified atom stereocenters. The van der Waals surface area contributed by atoms with Crippen molar-refractivity contribution in [3.8, 4) is 0 Å². The maximum Gasteiger partial charge on any atom is 0.303 e. The summed E-state index contributed by atoms with van der Waals surface area (Å²) in [4.78, 5) is 10.6. The topological polar surface area (TPSA) is 46.5 Å². The van der Waals surface area contributed by atoms with Crippen molar-refractivity contribution in [2.45, 2.75) is 110 Å². The maximum absolute atomic E-state index is 10.6. The number of fused-ring (bicyclic) bond motifs is 5. The second kappa shape index (κ2) is 8.28. The monoisotopic (exact) mass is 390 g/mol. The first-order valence-corrected chi connectivity index (χ1v) is 12.3. The van der Waals surface area contributed by atoms with Crippen molar-refractivity contribution in [2.24, 2.45) is 34.5 Å². The number of unbranched alkanes of at least 4 members (excludes halogenated alkanes) is 2. The zero-order valence-electron chi connectivity index (χ0n) is 18.3. The molecule has 0 spiro atoms. The first-order valence-electron chi connectivity index (χ1n) is 12.3. The summed E-state index contributed by atoms with van der Waals surface area (Å²) in [7, 11) is 0. The molecule has 4 aliphatic carbocycles. The van der Waals surface area contributed by atoms with E-state index >= 15 is 0 Å². The molecule has 0 heterocycles. The normalized spacial score (nSPS) is 45.1. The SMILES string of the molecule is C[C@]12CCCC[C@@H]1CC[C@H]1C3CC[C@H](OCCCCCC(=O)O)[C@@]3(C)CC[C@@H]12. The average Bonchev–Trinajstić information content (AvgIpc) is 3.00. The molecule has 3 nitrogen and oxygen atoms in total. The highest BCUT2D eigenvalue weighted by molar-refractivity contribution is 5.66. The largest absolute Gasteiger partial charge is 0.481 e. The Morgan fingerprint density at radius 2 is 1.71 bits per heavy atom. The first kappa shape index (κ1) is 20.7. The summed E-state index contributed by atoms with van der Waals surface area (Å²) in [5.74, 6) is 3.13. The van der Waals surface area contributed by atoms with Crippen LogP contribution < -0.4 is 0 Å². The molecule has 4 aliphatic rings. The summed E-state index contributed by atoms with van der Waals surface area (Å²) in [6.45, 7) is 6.03. The highest BCUT2D eigenvalue weighted by atomic mass is 16.5. The minimum atomic E-state index is -0.676. The van der Waals surface area contributed by atoms with E-state index < -0.39 is 5.97 Å². The Labute approximate surface area is 172 Å². The van der Waals surface area contributed by atoms with Gasteiger partial charge < -0.3 is 9.84 Å². The van der Waals surface area contributed by atoms with Gasteiger partial charge in [-0.2, -0.15) is 0 Å². The molecule has 4 rings (SSSR count). The van der Waals surface area contributed by atoms with Gasteiger partial charge >= 0.3 is 5.97 Å². The first-order chi connectivity index (χ1) is 13.4. The van der Waals surface area contributed by atoms with Crippen molar-refractivity contribution in [2.75, 3.05) is 6.61 Å². The lowest BCUT2D eigenvalue weighted by Crippen LogP contribution is -2.53. The van der Waals surface area contributed by atoms with E-state index in [2.05, 4.69) is 13.8 Å². The van der Waals surface area contributed by atoms with Gasteiger partial charge in [-0.1, -0.05) is 33.1 Å². The van der Waals surface area contributed by atoms with Gasteiger partial charge in [0.05, 0.1) is 6.10 Å². The predicted molar refractivity (Wildman–Crippen MR) is 112 cm³/mol. The van der Waals surface area contributed by atoms with Crippen molar-refractivity contribution in [3.63, 3.8) is 0 Å². The van der Waals surface area contributed by atoms with Gasteiger partial charge in [-0.3, -0.25) is 4.79 Å². The summed E-state index contributed by atoms with van der Waals surface area (Å²) in [6, 6.07) is 0. The molecule has 0 saturated heterocycles. The summed E-state index contributed by atoms with van der Waals surface area (Å²) in [5, 5.41) is 8.76. The number of aliphatic carboxylic acids is 1. The third-order valence-corrected chi connectivity index (χ3v) is 9.85. The third-order valence-electron chi connectivity index (χ3n) is 9.85. The van der Waals surface area contributed by atoms with Gasteiger partial charge in [-0.25, -0.2) is 0 Å². The Morgan fingerprint density at radius 3 is 2.54 bits per heavy atom. The molecule has 1 N–H and O–H groups in total. The Kier molecular flexibility index (Phi) is 6.12.